The summed E-state index contributed by atoms with van der Waals surface area (Å²) in [7, 11) is 0. The van der Waals surface area contributed by atoms with Crippen molar-refractivity contribution in [3.63, 3.8) is 0 Å². The van der Waals surface area contributed by atoms with Crippen molar-refractivity contribution in [3.05, 3.63) is 23.8 Å². The van der Waals surface area contributed by atoms with Crippen molar-refractivity contribution in [1.82, 2.24) is 0 Å². The molecule has 7 atom stereocenters. The third-order valence-corrected chi connectivity index (χ3v) is 10.3. The summed E-state index contributed by atoms with van der Waals surface area (Å²) in [6.45, 7) is 4.28. The molecule has 0 aliphatic heterocycles. The summed E-state index contributed by atoms with van der Waals surface area (Å²) < 4.78 is 5.83. The fourth-order valence-corrected chi connectivity index (χ4v) is 8.48. The second kappa shape index (κ2) is 7.97. The average Bonchev–Trinajstić information content (AvgIpc) is 3.01. The minimum Gasteiger partial charge on any atom is -0.460 e. The number of alkyl halides is 4. The molecule has 4 rings (SSSR count). The Morgan fingerprint density at radius 1 is 1.27 bits per heavy atom. The third-order valence-electron chi connectivity index (χ3n) is 8.40. The Labute approximate surface area is 198 Å². The predicted octanol–water partition coefficient (Wildman–Crippen LogP) is 6.37. The Kier molecular flexibility index (Phi) is 6.10. The van der Waals surface area contributed by atoms with Gasteiger partial charge in [-0.25, -0.2) is 4.79 Å². The van der Waals surface area contributed by atoms with E-state index in [1.54, 1.807) is 12.2 Å². The molecule has 3 fully saturated rings. The fraction of sp³-hybridized carbons (Fsp3) is 0.739. The van der Waals surface area contributed by atoms with Gasteiger partial charge >= 0.3 is 5.97 Å². The molecule has 166 valence electrons. The molecular weight excluding hydrogens is 466 g/mol. The number of carbonyl (C=O) groups is 2. The average molecular weight is 494 g/mol. The SMILES string of the molecule is CCC[C@]12C[C@H](Cl)[C@@]3(Cl)[C@@H](CCC4=CC(=O)C=C[C@@]43C)[C@@H]1CC[C@H]2OC(=O)C(Cl)Cl. The van der Waals surface area contributed by atoms with Crippen molar-refractivity contribution >= 4 is 58.2 Å². The van der Waals surface area contributed by atoms with Gasteiger partial charge in [-0.3, -0.25) is 4.79 Å². The molecule has 0 unspecified atom stereocenters. The van der Waals surface area contributed by atoms with Gasteiger partial charge in [0.05, 0.1) is 10.3 Å². The lowest BCUT2D eigenvalue weighted by Gasteiger charge is -2.63. The Balaban J connectivity index is 1.74. The summed E-state index contributed by atoms with van der Waals surface area (Å²) in [4.78, 5) is 22.4. The molecule has 3 saturated carbocycles. The van der Waals surface area contributed by atoms with E-state index < -0.39 is 21.1 Å². The van der Waals surface area contributed by atoms with Crippen LogP contribution in [-0.2, 0) is 14.3 Å². The van der Waals surface area contributed by atoms with Gasteiger partial charge < -0.3 is 4.74 Å². The van der Waals surface area contributed by atoms with Crippen molar-refractivity contribution in [1.29, 1.82) is 0 Å². The lowest BCUT2D eigenvalue weighted by molar-refractivity contribution is -0.158. The Morgan fingerprint density at radius 3 is 2.67 bits per heavy atom. The van der Waals surface area contributed by atoms with Crippen LogP contribution in [0.4, 0.5) is 0 Å². The molecule has 0 aromatic heterocycles. The highest BCUT2D eigenvalue weighted by atomic mass is 35.5. The molecule has 0 heterocycles. The Hall–Kier alpha value is -0.220. The van der Waals surface area contributed by atoms with Crippen LogP contribution < -0.4 is 0 Å². The molecule has 0 aromatic carbocycles. The first kappa shape index (κ1) is 23.0. The van der Waals surface area contributed by atoms with Gasteiger partial charge in [-0.2, -0.15) is 0 Å². The van der Waals surface area contributed by atoms with Crippen molar-refractivity contribution in [3.8, 4) is 0 Å². The maximum atomic E-state index is 12.2. The number of esters is 1. The van der Waals surface area contributed by atoms with Crippen LogP contribution in [0.1, 0.15) is 58.8 Å². The van der Waals surface area contributed by atoms with E-state index >= 15 is 0 Å². The standard InChI is InChI=1S/C23H28Cl4O3/c1-3-9-22-12-17(24)23(27)16(5-4-13-11-14(28)8-10-21(13,23)2)15(22)6-7-18(22)30-20(29)19(25)26/h8,10-11,15-19H,3-7,9,12H2,1-2H3/t15-,16-,17-,18+,21-,22-,23-/m0/s1. The fourth-order valence-electron chi connectivity index (χ4n) is 7.18. The summed E-state index contributed by atoms with van der Waals surface area (Å²) in [5.74, 6) is -0.0828. The van der Waals surface area contributed by atoms with Gasteiger partial charge in [0, 0.05) is 10.8 Å². The summed E-state index contributed by atoms with van der Waals surface area (Å²) in [6.07, 6.45) is 11.1. The minimum absolute atomic E-state index is 0.0213. The molecule has 0 radical (unpaired) electrons. The van der Waals surface area contributed by atoms with Gasteiger partial charge in [-0.1, -0.05) is 55.1 Å². The van der Waals surface area contributed by atoms with E-state index in [4.69, 9.17) is 51.1 Å². The quantitative estimate of drug-likeness (QED) is 0.337. The van der Waals surface area contributed by atoms with Crippen molar-refractivity contribution in [2.24, 2.45) is 22.7 Å². The van der Waals surface area contributed by atoms with Crippen LogP contribution in [0.5, 0.6) is 0 Å². The third kappa shape index (κ3) is 3.13. The van der Waals surface area contributed by atoms with Gasteiger partial charge in [0.25, 0.3) is 0 Å². The van der Waals surface area contributed by atoms with E-state index in [0.717, 1.165) is 44.1 Å². The molecule has 0 saturated heterocycles. The smallest absolute Gasteiger partial charge is 0.339 e. The van der Waals surface area contributed by atoms with Crippen LogP contribution in [-0.4, -0.2) is 32.9 Å². The zero-order valence-corrected chi connectivity index (χ0v) is 20.3. The molecule has 4 aliphatic rings. The largest absolute Gasteiger partial charge is 0.460 e. The molecule has 30 heavy (non-hydrogen) atoms. The van der Waals surface area contributed by atoms with Gasteiger partial charge in [0.15, 0.2) is 5.78 Å². The number of ether oxygens (including phenoxy) is 1. The molecule has 0 aromatic rings. The van der Waals surface area contributed by atoms with Crippen LogP contribution in [0, 0.1) is 22.7 Å². The Bertz CT molecular complexity index is 808. The van der Waals surface area contributed by atoms with Crippen LogP contribution >= 0.6 is 46.4 Å². The highest BCUT2D eigenvalue weighted by molar-refractivity contribution is 6.52. The van der Waals surface area contributed by atoms with Gasteiger partial charge in [-0.05, 0) is 62.5 Å². The normalized spacial score (nSPS) is 44.9. The van der Waals surface area contributed by atoms with Gasteiger partial charge in [0.2, 0.25) is 4.84 Å². The predicted molar refractivity (Wildman–Crippen MR) is 121 cm³/mol. The summed E-state index contributed by atoms with van der Waals surface area (Å²) >= 11 is 26.2. The number of hydrogen-bond donors (Lipinski definition) is 0. The van der Waals surface area contributed by atoms with E-state index in [1.165, 1.54) is 0 Å². The molecule has 0 spiro atoms. The van der Waals surface area contributed by atoms with Crippen LogP contribution in [0.3, 0.4) is 0 Å². The number of hydrogen-bond acceptors (Lipinski definition) is 3. The summed E-state index contributed by atoms with van der Waals surface area (Å²) in [5.41, 5.74) is 0.416. The van der Waals surface area contributed by atoms with Crippen LogP contribution in [0.2, 0.25) is 0 Å². The topological polar surface area (TPSA) is 43.4 Å². The molecule has 4 aliphatic carbocycles. The second-order valence-electron chi connectivity index (χ2n) is 9.59. The zero-order valence-electron chi connectivity index (χ0n) is 17.3. The minimum atomic E-state index is -1.18. The van der Waals surface area contributed by atoms with Gasteiger partial charge in [0.1, 0.15) is 6.10 Å². The highest BCUT2D eigenvalue weighted by Gasteiger charge is 2.70. The van der Waals surface area contributed by atoms with E-state index in [-0.39, 0.29) is 28.6 Å². The van der Waals surface area contributed by atoms with Crippen LogP contribution in [0.25, 0.3) is 0 Å². The number of allylic oxidation sites excluding steroid dienone is 4. The van der Waals surface area contributed by atoms with Crippen molar-refractivity contribution in [2.75, 3.05) is 0 Å². The summed E-state index contributed by atoms with van der Waals surface area (Å²) in [5, 5.41) is -0.319. The molecule has 0 N–H and O–H groups in total. The maximum Gasteiger partial charge on any atom is 0.339 e. The zero-order chi connectivity index (χ0) is 21.9. The number of rotatable bonds is 4. The Morgan fingerprint density at radius 2 is 2.00 bits per heavy atom. The molecule has 7 heteroatoms. The van der Waals surface area contributed by atoms with E-state index in [0.29, 0.717) is 12.3 Å². The molecule has 3 nitrogen and oxygen atoms in total. The lowest BCUT2D eigenvalue weighted by atomic mass is 9.46. The van der Waals surface area contributed by atoms with E-state index in [2.05, 4.69) is 13.8 Å². The first-order valence-corrected chi connectivity index (χ1v) is 12.5. The second-order valence-corrected chi connectivity index (χ2v) is 11.8. The van der Waals surface area contributed by atoms with Crippen LogP contribution in [0.15, 0.2) is 23.8 Å². The summed E-state index contributed by atoms with van der Waals surface area (Å²) in [6, 6.07) is 0. The molecule has 0 bridgehead atoms. The number of ketones is 1. The first-order valence-electron chi connectivity index (χ1n) is 10.9. The number of carbonyl (C=O) groups excluding carboxylic acids is 2. The van der Waals surface area contributed by atoms with E-state index in [1.807, 2.05) is 6.08 Å². The lowest BCUT2D eigenvalue weighted by Crippen LogP contribution is -2.65. The molecule has 0 amide bonds. The molecular formula is C23H28Cl4O3. The maximum absolute atomic E-state index is 12.2. The number of fused-ring (bicyclic) bond motifs is 5. The van der Waals surface area contributed by atoms with E-state index in [9.17, 15) is 9.59 Å². The first-order chi connectivity index (χ1) is 14.1. The highest BCUT2D eigenvalue weighted by Crippen LogP contribution is 2.70. The number of halogens is 4. The van der Waals surface area contributed by atoms with Crippen molar-refractivity contribution in [2.45, 2.75) is 80.0 Å². The van der Waals surface area contributed by atoms with Crippen molar-refractivity contribution < 1.29 is 14.3 Å². The van der Waals surface area contributed by atoms with Gasteiger partial charge in [-0.15, -0.1) is 23.2 Å². The monoisotopic (exact) mass is 492 g/mol.